The predicted molar refractivity (Wildman–Crippen MR) is 149 cm³/mol. The number of ether oxygens (including phenoxy) is 4. The van der Waals surface area contributed by atoms with E-state index in [1.165, 1.54) is 5.56 Å². The van der Waals surface area contributed by atoms with Crippen molar-refractivity contribution < 1.29 is 23.7 Å². The second-order valence-corrected chi connectivity index (χ2v) is 10.7. The maximum Gasteiger partial charge on any atom is 0.410 e. The summed E-state index contributed by atoms with van der Waals surface area (Å²) in [5, 5.41) is 0. The van der Waals surface area contributed by atoms with Crippen LogP contribution in [0, 0.1) is 5.92 Å². The molecule has 2 saturated heterocycles. The van der Waals surface area contributed by atoms with Crippen LogP contribution in [0.15, 0.2) is 78.9 Å². The van der Waals surface area contributed by atoms with E-state index in [9.17, 15) is 4.79 Å². The fourth-order valence-corrected chi connectivity index (χ4v) is 5.76. The molecule has 3 aromatic carbocycles. The van der Waals surface area contributed by atoms with Crippen LogP contribution in [0.5, 0.6) is 23.0 Å². The molecule has 0 N–H and O–H groups in total. The molecule has 1 amide bonds. The number of para-hydroxylation sites is 1. The first-order chi connectivity index (χ1) is 19.2. The Morgan fingerprint density at radius 2 is 1.59 bits per heavy atom. The largest absolute Gasteiger partial charge is 0.486 e. The SMILES string of the molecule is O=C1OC[C@H](Cc2ccccc2)N1CCC1CCN(C[C@H]2COc3ccc(Oc4ccccc4)cc3O2)CC1. The molecule has 3 heterocycles. The molecule has 2 fully saturated rings. The molecule has 0 bridgehead atoms. The summed E-state index contributed by atoms with van der Waals surface area (Å²) in [7, 11) is 0. The molecular formula is C32H36N2O5. The molecule has 7 heteroatoms. The van der Waals surface area contributed by atoms with Crippen LogP contribution in [0.25, 0.3) is 0 Å². The molecule has 3 aliphatic heterocycles. The fraction of sp³-hybridized carbons (Fsp3) is 0.406. The van der Waals surface area contributed by atoms with E-state index in [0.717, 1.165) is 74.9 Å². The van der Waals surface area contributed by atoms with Gasteiger partial charge in [0.05, 0.1) is 6.04 Å². The van der Waals surface area contributed by atoms with Crippen molar-refractivity contribution in [2.45, 2.75) is 37.8 Å². The Morgan fingerprint density at radius 3 is 2.38 bits per heavy atom. The minimum Gasteiger partial charge on any atom is -0.486 e. The second kappa shape index (κ2) is 12.0. The molecule has 0 spiro atoms. The summed E-state index contributed by atoms with van der Waals surface area (Å²) in [6.07, 6.45) is 3.95. The summed E-state index contributed by atoms with van der Waals surface area (Å²) < 4.78 is 23.7. The number of amides is 1. The molecule has 6 rings (SSSR count). The van der Waals surface area contributed by atoms with Gasteiger partial charge in [0.25, 0.3) is 0 Å². The number of likely N-dealkylation sites (tertiary alicyclic amines) is 1. The minimum absolute atomic E-state index is 0.0147. The number of hydrogen-bond donors (Lipinski definition) is 0. The van der Waals surface area contributed by atoms with E-state index in [-0.39, 0.29) is 18.2 Å². The van der Waals surface area contributed by atoms with Gasteiger partial charge >= 0.3 is 6.09 Å². The number of nitrogens with zero attached hydrogens (tertiary/aromatic N) is 2. The monoisotopic (exact) mass is 528 g/mol. The highest BCUT2D eigenvalue weighted by molar-refractivity contribution is 5.70. The van der Waals surface area contributed by atoms with Crippen molar-refractivity contribution in [1.82, 2.24) is 9.80 Å². The first-order valence-corrected chi connectivity index (χ1v) is 14.1. The maximum absolute atomic E-state index is 12.4. The lowest BCUT2D eigenvalue weighted by Crippen LogP contribution is -2.44. The number of carbonyl (C=O) groups is 1. The van der Waals surface area contributed by atoms with Gasteiger partial charge in [-0.3, -0.25) is 4.90 Å². The lowest BCUT2D eigenvalue weighted by Gasteiger charge is -2.36. The van der Waals surface area contributed by atoms with Crippen LogP contribution in [0.1, 0.15) is 24.8 Å². The van der Waals surface area contributed by atoms with Crippen molar-refractivity contribution in [2.24, 2.45) is 5.92 Å². The highest BCUT2D eigenvalue weighted by Gasteiger charge is 2.34. The van der Waals surface area contributed by atoms with Crippen molar-refractivity contribution in [3.05, 3.63) is 84.4 Å². The van der Waals surface area contributed by atoms with Crippen molar-refractivity contribution in [3.63, 3.8) is 0 Å². The average molecular weight is 529 g/mol. The van der Waals surface area contributed by atoms with E-state index >= 15 is 0 Å². The Morgan fingerprint density at radius 1 is 0.821 bits per heavy atom. The zero-order valence-electron chi connectivity index (χ0n) is 22.2. The van der Waals surface area contributed by atoms with Crippen LogP contribution in [0.4, 0.5) is 4.79 Å². The van der Waals surface area contributed by atoms with Gasteiger partial charge in [0.15, 0.2) is 11.5 Å². The molecule has 3 aromatic rings. The summed E-state index contributed by atoms with van der Waals surface area (Å²) in [5.74, 6) is 3.64. The van der Waals surface area contributed by atoms with Gasteiger partial charge in [-0.1, -0.05) is 48.5 Å². The molecular weight excluding hydrogens is 492 g/mol. The van der Waals surface area contributed by atoms with Crippen LogP contribution in [0.3, 0.4) is 0 Å². The molecule has 0 radical (unpaired) electrons. The topological polar surface area (TPSA) is 60.5 Å². The van der Waals surface area contributed by atoms with Crippen LogP contribution in [-0.4, -0.2) is 67.4 Å². The van der Waals surface area contributed by atoms with E-state index in [1.54, 1.807) is 0 Å². The zero-order chi connectivity index (χ0) is 26.4. The third-order valence-electron chi connectivity index (χ3n) is 7.95. The molecule has 0 aromatic heterocycles. The number of carbonyl (C=O) groups excluding carboxylic acids is 1. The highest BCUT2D eigenvalue weighted by atomic mass is 16.6. The van der Waals surface area contributed by atoms with E-state index in [0.29, 0.717) is 19.1 Å². The zero-order valence-corrected chi connectivity index (χ0v) is 22.2. The van der Waals surface area contributed by atoms with Gasteiger partial charge in [0, 0.05) is 19.2 Å². The normalized spacial score (nSPS) is 21.5. The Balaban J connectivity index is 0.955. The second-order valence-electron chi connectivity index (χ2n) is 10.7. The average Bonchev–Trinajstić information content (AvgIpc) is 3.32. The number of rotatable bonds is 9. The maximum atomic E-state index is 12.4. The molecule has 0 aliphatic carbocycles. The molecule has 0 unspecified atom stereocenters. The molecule has 3 aliphatic rings. The van der Waals surface area contributed by atoms with Crippen LogP contribution < -0.4 is 14.2 Å². The molecule has 2 atom stereocenters. The third-order valence-corrected chi connectivity index (χ3v) is 7.95. The molecule has 7 nitrogen and oxygen atoms in total. The highest BCUT2D eigenvalue weighted by Crippen LogP contribution is 2.37. The van der Waals surface area contributed by atoms with Gasteiger partial charge < -0.3 is 23.8 Å². The van der Waals surface area contributed by atoms with Gasteiger partial charge in [0.1, 0.15) is 30.8 Å². The summed E-state index contributed by atoms with van der Waals surface area (Å²) in [4.78, 5) is 16.8. The van der Waals surface area contributed by atoms with Crippen LogP contribution >= 0.6 is 0 Å². The van der Waals surface area contributed by atoms with E-state index in [4.69, 9.17) is 18.9 Å². The minimum atomic E-state index is -0.166. The first kappa shape index (κ1) is 25.6. The van der Waals surface area contributed by atoms with Crippen molar-refractivity contribution in [1.29, 1.82) is 0 Å². The molecule has 204 valence electrons. The lowest BCUT2D eigenvalue weighted by atomic mass is 9.93. The van der Waals surface area contributed by atoms with Gasteiger partial charge in [-0.2, -0.15) is 0 Å². The predicted octanol–water partition coefficient (Wildman–Crippen LogP) is 5.78. The smallest absolute Gasteiger partial charge is 0.410 e. The van der Waals surface area contributed by atoms with E-state index in [1.807, 2.05) is 71.6 Å². The summed E-state index contributed by atoms with van der Waals surface area (Å²) >= 11 is 0. The Hall–Kier alpha value is -3.71. The van der Waals surface area contributed by atoms with Crippen LogP contribution in [0.2, 0.25) is 0 Å². The number of fused-ring (bicyclic) bond motifs is 1. The fourth-order valence-electron chi connectivity index (χ4n) is 5.76. The molecule has 39 heavy (non-hydrogen) atoms. The van der Waals surface area contributed by atoms with Gasteiger partial charge in [0.2, 0.25) is 0 Å². The Labute approximate surface area is 230 Å². The van der Waals surface area contributed by atoms with Crippen molar-refractivity contribution >= 4 is 6.09 Å². The Bertz CT molecular complexity index is 1230. The van der Waals surface area contributed by atoms with E-state index < -0.39 is 0 Å². The lowest BCUT2D eigenvalue weighted by molar-refractivity contribution is 0.0464. The van der Waals surface area contributed by atoms with Gasteiger partial charge in [-0.05, 0) is 74.5 Å². The van der Waals surface area contributed by atoms with Gasteiger partial charge in [-0.25, -0.2) is 4.79 Å². The quantitative estimate of drug-likeness (QED) is 0.351. The standard InChI is InChI=1S/C32H36N2O5/c35-32-34(26(22-37-32)19-25-7-3-1-4-8-25)18-15-24-13-16-33(17-14-24)21-29-23-36-30-12-11-28(20-31(30)39-29)38-27-9-5-2-6-10-27/h1-12,20,24,26,29H,13-19,21-23H2/t26-,29-/m0/s1. The van der Waals surface area contributed by atoms with Crippen LogP contribution in [-0.2, 0) is 11.2 Å². The van der Waals surface area contributed by atoms with Crippen molar-refractivity contribution in [3.8, 4) is 23.0 Å². The van der Waals surface area contributed by atoms with Crippen molar-refractivity contribution in [2.75, 3.05) is 39.4 Å². The number of cyclic esters (lactones) is 1. The summed E-state index contributed by atoms with van der Waals surface area (Å²) in [6, 6.07) is 26.0. The summed E-state index contributed by atoms with van der Waals surface area (Å²) in [5.41, 5.74) is 1.25. The number of hydrogen-bond acceptors (Lipinski definition) is 6. The number of benzene rings is 3. The summed E-state index contributed by atoms with van der Waals surface area (Å²) in [6.45, 7) is 4.71. The van der Waals surface area contributed by atoms with Gasteiger partial charge in [-0.15, -0.1) is 0 Å². The van der Waals surface area contributed by atoms with E-state index in [2.05, 4.69) is 17.0 Å². The first-order valence-electron chi connectivity index (χ1n) is 14.1. The number of piperidine rings is 1. The third kappa shape index (κ3) is 6.48. The Kier molecular flexibility index (Phi) is 7.86. The molecule has 0 saturated carbocycles.